The quantitative estimate of drug-likeness (QED) is 0.459. The normalized spacial score (nSPS) is 10.9. The molecule has 1 aromatic heterocycles. The number of aromatic nitrogens is 1. The number of benzene rings is 3. The molecular formula is C21H15N. The first-order valence-electron chi connectivity index (χ1n) is 7.37. The molecule has 0 aliphatic heterocycles. The highest BCUT2D eigenvalue weighted by atomic mass is 14.7. The van der Waals surface area contributed by atoms with E-state index in [1.807, 2.05) is 12.3 Å². The molecule has 0 aliphatic rings. The Morgan fingerprint density at radius 2 is 1.41 bits per heavy atom. The Kier molecular flexibility index (Phi) is 2.97. The van der Waals surface area contributed by atoms with Crippen LogP contribution in [0.3, 0.4) is 0 Å². The molecule has 4 rings (SSSR count). The van der Waals surface area contributed by atoms with E-state index in [0.29, 0.717) is 0 Å². The van der Waals surface area contributed by atoms with Gasteiger partial charge in [-0.15, -0.1) is 0 Å². The average molecular weight is 281 g/mol. The van der Waals surface area contributed by atoms with E-state index in [4.69, 9.17) is 0 Å². The van der Waals surface area contributed by atoms with E-state index < -0.39 is 0 Å². The minimum absolute atomic E-state index is 1.02. The topological polar surface area (TPSA) is 12.9 Å². The summed E-state index contributed by atoms with van der Waals surface area (Å²) in [7, 11) is 0. The van der Waals surface area contributed by atoms with Crippen molar-refractivity contribution in [3.63, 3.8) is 0 Å². The van der Waals surface area contributed by atoms with Gasteiger partial charge in [0.05, 0.1) is 5.69 Å². The van der Waals surface area contributed by atoms with Crippen LogP contribution in [0.15, 0.2) is 79.5 Å². The number of nitrogens with zero attached hydrogens (tertiary/aromatic N) is 1. The van der Waals surface area contributed by atoms with Crippen molar-refractivity contribution in [3.8, 4) is 11.3 Å². The van der Waals surface area contributed by atoms with Gasteiger partial charge in [-0.25, -0.2) is 0 Å². The Morgan fingerprint density at radius 3 is 2.18 bits per heavy atom. The highest BCUT2D eigenvalue weighted by Crippen LogP contribution is 2.35. The summed E-state index contributed by atoms with van der Waals surface area (Å²) in [5, 5.41) is 4.81. The van der Waals surface area contributed by atoms with Gasteiger partial charge in [-0.05, 0) is 27.8 Å². The molecule has 3 aromatic carbocycles. The predicted octanol–water partition coefficient (Wildman–Crippen LogP) is 5.70. The molecule has 0 unspecified atom stereocenters. The molecule has 4 aromatic rings. The van der Waals surface area contributed by atoms with Crippen LogP contribution in [-0.2, 0) is 0 Å². The lowest BCUT2D eigenvalue weighted by Gasteiger charge is -2.12. The molecule has 0 saturated heterocycles. The fourth-order valence-electron chi connectivity index (χ4n) is 3.04. The molecule has 0 N–H and O–H groups in total. The molecule has 0 amide bonds. The Labute approximate surface area is 129 Å². The zero-order valence-electron chi connectivity index (χ0n) is 12.2. The van der Waals surface area contributed by atoms with Crippen molar-refractivity contribution in [2.75, 3.05) is 0 Å². The minimum atomic E-state index is 1.02. The van der Waals surface area contributed by atoms with Crippen LogP contribution in [0.4, 0.5) is 0 Å². The largest absolute Gasteiger partial charge is 0.256 e. The summed E-state index contributed by atoms with van der Waals surface area (Å²) in [6.45, 7) is 3.98. The summed E-state index contributed by atoms with van der Waals surface area (Å²) < 4.78 is 0. The summed E-state index contributed by atoms with van der Waals surface area (Å²) in [4.78, 5) is 4.69. The highest BCUT2D eigenvalue weighted by Gasteiger charge is 2.12. The molecule has 1 heteroatoms. The monoisotopic (exact) mass is 281 g/mol. The molecular weight excluding hydrogens is 266 g/mol. The van der Waals surface area contributed by atoms with Gasteiger partial charge >= 0.3 is 0 Å². The Balaban J connectivity index is 2.18. The zero-order valence-corrected chi connectivity index (χ0v) is 12.2. The SMILES string of the molecule is C=Cc1ccc2ccccc2c1-c1nccc2ccccc12. The molecule has 22 heavy (non-hydrogen) atoms. The van der Waals surface area contributed by atoms with Crippen LogP contribution in [0, 0.1) is 0 Å². The molecule has 1 nitrogen and oxygen atoms in total. The van der Waals surface area contributed by atoms with Gasteiger partial charge in [0.1, 0.15) is 0 Å². The van der Waals surface area contributed by atoms with Crippen molar-refractivity contribution in [2.45, 2.75) is 0 Å². The predicted molar refractivity (Wildman–Crippen MR) is 94.8 cm³/mol. The number of hydrogen-bond acceptors (Lipinski definition) is 1. The van der Waals surface area contributed by atoms with Crippen LogP contribution in [0.5, 0.6) is 0 Å². The van der Waals surface area contributed by atoms with E-state index in [9.17, 15) is 0 Å². The van der Waals surface area contributed by atoms with E-state index in [2.05, 4.69) is 78.3 Å². The van der Waals surface area contributed by atoms with E-state index in [1.54, 1.807) is 0 Å². The molecule has 0 aliphatic carbocycles. The van der Waals surface area contributed by atoms with Gasteiger partial charge in [-0.2, -0.15) is 0 Å². The lowest BCUT2D eigenvalue weighted by atomic mass is 9.94. The van der Waals surface area contributed by atoms with E-state index >= 15 is 0 Å². The van der Waals surface area contributed by atoms with Gasteiger partial charge in [0.2, 0.25) is 0 Å². The van der Waals surface area contributed by atoms with Gasteiger partial charge in [0.25, 0.3) is 0 Å². The fraction of sp³-hybridized carbons (Fsp3) is 0. The van der Waals surface area contributed by atoms with Gasteiger partial charge in [-0.3, -0.25) is 4.98 Å². The minimum Gasteiger partial charge on any atom is -0.256 e. The van der Waals surface area contributed by atoms with E-state index in [0.717, 1.165) is 16.8 Å². The second kappa shape index (κ2) is 5.12. The van der Waals surface area contributed by atoms with Gasteiger partial charge in [0, 0.05) is 17.1 Å². The average Bonchev–Trinajstić information content (AvgIpc) is 2.60. The van der Waals surface area contributed by atoms with Crippen molar-refractivity contribution in [1.82, 2.24) is 4.98 Å². The van der Waals surface area contributed by atoms with Gasteiger partial charge in [0.15, 0.2) is 0 Å². The van der Waals surface area contributed by atoms with E-state index in [1.165, 1.54) is 21.5 Å². The fourth-order valence-corrected chi connectivity index (χ4v) is 3.04. The van der Waals surface area contributed by atoms with Crippen molar-refractivity contribution < 1.29 is 0 Å². The zero-order chi connectivity index (χ0) is 14.9. The number of rotatable bonds is 2. The number of fused-ring (bicyclic) bond motifs is 2. The van der Waals surface area contributed by atoms with Crippen LogP contribution in [0.2, 0.25) is 0 Å². The molecule has 1 heterocycles. The Hall–Kier alpha value is -2.93. The van der Waals surface area contributed by atoms with Crippen LogP contribution in [0.25, 0.3) is 38.9 Å². The maximum atomic E-state index is 4.69. The van der Waals surface area contributed by atoms with Crippen LogP contribution < -0.4 is 0 Å². The maximum Gasteiger partial charge on any atom is 0.0792 e. The summed E-state index contributed by atoms with van der Waals surface area (Å²) >= 11 is 0. The first-order valence-corrected chi connectivity index (χ1v) is 7.37. The molecule has 0 atom stereocenters. The van der Waals surface area contributed by atoms with Crippen LogP contribution >= 0.6 is 0 Å². The Bertz CT molecular complexity index is 993. The first-order chi connectivity index (χ1) is 10.9. The summed E-state index contributed by atoms with van der Waals surface area (Å²) in [6.07, 6.45) is 3.79. The maximum absolute atomic E-state index is 4.69. The molecule has 104 valence electrons. The highest BCUT2D eigenvalue weighted by molar-refractivity contribution is 6.06. The molecule has 0 spiro atoms. The third-order valence-corrected chi connectivity index (χ3v) is 4.09. The summed E-state index contributed by atoms with van der Waals surface area (Å²) in [5.74, 6) is 0. The Morgan fingerprint density at radius 1 is 0.727 bits per heavy atom. The number of hydrogen-bond donors (Lipinski definition) is 0. The smallest absolute Gasteiger partial charge is 0.0792 e. The lowest BCUT2D eigenvalue weighted by molar-refractivity contribution is 1.36. The van der Waals surface area contributed by atoms with Crippen LogP contribution in [0.1, 0.15) is 5.56 Å². The molecule has 0 radical (unpaired) electrons. The summed E-state index contributed by atoms with van der Waals surface area (Å²) in [5.41, 5.74) is 3.29. The van der Waals surface area contributed by atoms with Crippen molar-refractivity contribution in [3.05, 3.63) is 85.1 Å². The second-order valence-corrected chi connectivity index (χ2v) is 5.34. The van der Waals surface area contributed by atoms with Crippen molar-refractivity contribution in [2.24, 2.45) is 0 Å². The molecule has 0 saturated carbocycles. The van der Waals surface area contributed by atoms with Crippen molar-refractivity contribution >= 4 is 27.6 Å². The standard InChI is InChI=1S/C21H15N/c1-2-15-11-12-16-7-3-5-9-18(16)20(15)21-19-10-6-4-8-17(19)13-14-22-21/h2-14H,1H2. The molecule has 0 bridgehead atoms. The van der Waals surface area contributed by atoms with Gasteiger partial charge < -0.3 is 0 Å². The number of pyridine rings is 1. The van der Waals surface area contributed by atoms with Crippen LogP contribution in [-0.4, -0.2) is 4.98 Å². The van der Waals surface area contributed by atoms with Gasteiger partial charge in [-0.1, -0.05) is 73.3 Å². The molecule has 0 fully saturated rings. The van der Waals surface area contributed by atoms with Crippen molar-refractivity contribution in [1.29, 1.82) is 0 Å². The summed E-state index contributed by atoms with van der Waals surface area (Å²) in [6, 6.07) is 23.1. The third-order valence-electron chi connectivity index (χ3n) is 4.09. The van der Waals surface area contributed by atoms with E-state index in [-0.39, 0.29) is 0 Å². The second-order valence-electron chi connectivity index (χ2n) is 5.34. The third kappa shape index (κ3) is 1.91. The lowest BCUT2D eigenvalue weighted by Crippen LogP contribution is -1.91. The first kappa shape index (κ1) is 12.8.